The fourth-order valence-corrected chi connectivity index (χ4v) is 2.45. The average Bonchev–Trinajstić information content (AvgIpc) is 2.73. The number of hydrogen-bond donors (Lipinski definition) is 1. The number of hydrogen-bond acceptors (Lipinski definition) is 5. The van der Waals surface area contributed by atoms with Crippen LogP contribution in [0, 0.1) is 10.1 Å². The molecule has 154 valence electrons. The third kappa shape index (κ3) is 5.10. The summed E-state index contributed by atoms with van der Waals surface area (Å²) in [4.78, 5) is 26.0. The number of nitro groups is 1. The van der Waals surface area contributed by atoms with Crippen molar-refractivity contribution in [3.63, 3.8) is 0 Å². The molecule has 7 nitrogen and oxygen atoms in total. The van der Waals surface area contributed by atoms with Crippen LogP contribution < -0.4 is 10.1 Å². The predicted molar refractivity (Wildman–Crippen MR) is 101 cm³/mol. The van der Waals surface area contributed by atoms with Crippen molar-refractivity contribution >= 4 is 17.3 Å². The second-order valence-electron chi connectivity index (χ2n) is 6.08. The van der Waals surface area contributed by atoms with Crippen molar-refractivity contribution < 1.29 is 27.6 Å². The molecule has 0 aliphatic carbocycles. The molecule has 0 unspecified atom stereocenters. The highest BCUT2D eigenvalue weighted by Crippen LogP contribution is 2.32. The first-order valence-electron chi connectivity index (χ1n) is 8.55. The van der Waals surface area contributed by atoms with E-state index in [1.807, 2.05) is 0 Å². The number of nitrogens with one attached hydrogen (secondary N) is 1. The van der Waals surface area contributed by atoms with E-state index in [2.05, 4.69) is 10.3 Å². The minimum Gasteiger partial charge on any atom is -0.471 e. The number of halogens is 3. The Hall–Kier alpha value is -3.95. The van der Waals surface area contributed by atoms with Gasteiger partial charge in [0, 0.05) is 17.7 Å². The Balaban J connectivity index is 1.84. The molecule has 0 saturated heterocycles. The average molecular weight is 417 g/mol. The molecule has 0 saturated carbocycles. The van der Waals surface area contributed by atoms with Gasteiger partial charge < -0.3 is 10.1 Å². The fraction of sp³-hybridized carbons (Fsp3) is 0.100. The summed E-state index contributed by atoms with van der Waals surface area (Å²) in [6, 6.07) is 15.2. The summed E-state index contributed by atoms with van der Waals surface area (Å²) in [5.74, 6) is -0.968. The maximum atomic E-state index is 13.0. The molecule has 1 N–H and O–H groups in total. The normalized spacial score (nSPS) is 11.0. The van der Waals surface area contributed by atoms with E-state index in [0.29, 0.717) is 11.1 Å². The molecule has 3 aromatic rings. The molecule has 1 amide bonds. The quantitative estimate of drug-likeness (QED) is 0.458. The van der Waals surface area contributed by atoms with Gasteiger partial charge in [-0.2, -0.15) is 13.2 Å². The van der Waals surface area contributed by atoms with Crippen molar-refractivity contribution in [1.29, 1.82) is 0 Å². The number of carbonyl (C=O) groups is 1. The number of anilines is 1. The molecule has 0 radical (unpaired) electrons. The molecule has 30 heavy (non-hydrogen) atoms. The number of amides is 1. The van der Waals surface area contributed by atoms with Crippen LogP contribution in [0.1, 0.15) is 21.6 Å². The Morgan fingerprint density at radius 2 is 1.70 bits per heavy atom. The van der Waals surface area contributed by atoms with Crippen molar-refractivity contribution in [1.82, 2.24) is 4.98 Å². The number of non-ortho nitro benzene ring substituents is 1. The van der Waals surface area contributed by atoms with Gasteiger partial charge in [-0.15, -0.1) is 0 Å². The number of benzene rings is 2. The molecule has 2 aromatic carbocycles. The van der Waals surface area contributed by atoms with Crippen molar-refractivity contribution in [2.45, 2.75) is 12.8 Å². The molecular formula is C20H14F3N3O4. The highest BCUT2D eigenvalue weighted by Gasteiger charge is 2.33. The molecular weight excluding hydrogens is 403 g/mol. The first kappa shape index (κ1) is 20.8. The molecule has 0 fully saturated rings. The lowest BCUT2D eigenvalue weighted by Crippen LogP contribution is -2.15. The van der Waals surface area contributed by atoms with Crippen molar-refractivity contribution in [2.75, 3.05) is 5.32 Å². The number of rotatable bonds is 6. The first-order valence-corrected chi connectivity index (χ1v) is 8.55. The summed E-state index contributed by atoms with van der Waals surface area (Å²) in [6.07, 6.45) is -4.70. The summed E-state index contributed by atoms with van der Waals surface area (Å²) < 4.78 is 44.5. The summed E-state index contributed by atoms with van der Waals surface area (Å²) in [6.45, 7) is -0.208. The van der Waals surface area contributed by atoms with E-state index in [0.717, 1.165) is 12.1 Å². The van der Waals surface area contributed by atoms with E-state index in [4.69, 9.17) is 4.74 Å². The van der Waals surface area contributed by atoms with Crippen molar-refractivity contribution in [3.8, 4) is 5.88 Å². The topological polar surface area (TPSA) is 94.4 Å². The predicted octanol–water partition coefficient (Wildman–Crippen LogP) is 4.84. The molecule has 0 aliphatic heterocycles. The molecule has 1 heterocycles. The largest absolute Gasteiger partial charge is 0.471 e. The molecule has 0 spiro atoms. The lowest BCUT2D eigenvalue weighted by Gasteiger charge is -2.14. The maximum Gasteiger partial charge on any atom is 0.433 e. The Bertz CT molecular complexity index is 1060. The van der Waals surface area contributed by atoms with E-state index in [9.17, 15) is 28.1 Å². The summed E-state index contributed by atoms with van der Waals surface area (Å²) in [7, 11) is 0. The Kier molecular flexibility index (Phi) is 5.95. The molecule has 0 atom stereocenters. The highest BCUT2D eigenvalue weighted by atomic mass is 19.4. The number of alkyl halides is 3. The lowest BCUT2D eigenvalue weighted by atomic mass is 10.2. The van der Waals surface area contributed by atoms with E-state index in [1.54, 1.807) is 30.3 Å². The van der Waals surface area contributed by atoms with E-state index in [1.165, 1.54) is 24.3 Å². The van der Waals surface area contributed by atoms with Gasteiger partial charge in [-0.1, -0.05) is 18.2 Å². The standard InChI is InChI=1S/C20H14F3N3O4/c21-20(22,23)17-11-10-16(24-18(27)14-4-2-1-3-5-14)19(25-17)30-12-13-6-8-15(9-7-13)26(28)29/h1-11H,12H2,(H,24,27). The van der Waals surface area contributed by atoms with E-state index in [-0.39, 0.29) is 18.0 Å². The third-order valence-corrected chi connectivity index (χ3v) is 3.96. The molecule has 3 rings (SSSR count). The van der Waals surface area contributed by atoms with Gasteiger partial charge >= 0.3 is 6.18 Å². The van der Waals surface area contributed by atoms with Gasteiger partial charge in [-0.3, -0.25) is 14.9 Å². The molecule has 0 bridgehead atoms. The Morgan fingerprint density at radius 3 is 2.30 bits per heavy atom. The second-order valence-corrected chi connectivity index (χ2v) is 6.08. The van der Waals surface area contributed by atoms with Crippen LogP contribution in [-0.4, -0.2) is 15.8 Å². The van der Waals surface area contributed by atoms with Crippen molar-refractivity contribution in [3.05, 3.63) is 93.7 Å². The zero-order chi connectivity index (χ0) is 21.7. The second kappa shape index (κ2) is 8.60. The molecule has 0 aliphatic rings. The van der Waals surface area contributed by atoms with Gasteiger partial charge in [0.25, 0.3) is 11.6 Å². The number of ether oxygens (including phenoxy) is 1. The van der Waals surface area contributed by atoms with Gasteiger partial charge in [0.15, 0.2) is 0 Å². The lowest BCUT2D eigenvalue weighted by molar-refractivity contribution is -0.384. The summed E-state index contributed by atoms with van der Waals surface area (Å²) in [5.41, 5.74) is -0.580. The SMILES string of the molecule is O=C(Nc1ccc(C(F)(F)F)nc1OCc1ccc([N+](=O)[O-])cc1)c1ccccc1. The van der Waals surface area contributed by atoms with Gasteiger partial charge in [0.05, 0.1) is 4.92 Å². The Labute approximate surface area is 168 Å². The Morgan fingerprint density at radius 1 is 1.03 bits per heavy atom. The van der Waals surface area contributed by atoms with Gasteiger partial charge in [-0.25, -0.2) is 4.98 Å². The van der Waals surface area contributed by atoms with Gasteiger partial charge in [0.1, 0.15) is 18.0 Å². The van der Waals surface area contributed by atoms with Crippen LogP contribution in [0.15, 0.2) is 66.7 Å². The number of aromatic nitrogens is 1. The van der Waals surface area contributed by atoms with E-state index < -0.39 is 28.6 Å². The zero-order valence-corrected chi connectivity index (χ0v) is 15.2. The zero-order valence-electron chi connectivity index (χ0n) is 15.2. The highest BCUT2D eigenvalue weighted by molar-refractivity contribution is 6.04. The fourth-order valence-electron chi connectivity index (χ4n) is 2.45. The van der Waals surface area contributed by atoms with Crippen LogP contribution in [-0.2, 0) is 12.8 Å². The van der Waals surface area contributed by atoms with Gasteiger partial charge in [-0.05, 0) is 42.0 Å². The maximum absolute atomic E-state index is 13.0. The number of nitro benzene ring substituents is 1. The number of pyridine rings is 1. The monoisotopic (exact) mass is 417 g/mol. The van der Waals surface area contributed by atoms with Crippen LogP contribution in [0.2, 0.25) is 0 Å². The summed E-state index contributed by atoms with van der Waals surface area (Å²) in [5, 5.41) is 13.2. The minimum atomic E-state index is -4.70. The molecule has 10 heteroatoms. The third-order valence-electron chi connectivity index (χ3n) is 3.96. The van der Waals surface area contributed by atoms with Crippen LogP contribution in [0.3, 0.4) is 0 Å². The van der Waals surface area contributed by atoms with E-state index >= 15 is 0 Å². The first-order chi connectivity index (χ1) is 14.2. The van der Waals surface area contributed by atoms with Crippen LogP contribution in [0.5, 0.6) is 5.88 Å². The van der Waals surface area contributed by atoms with Crippen LogP contribution >= 0.6 is 0 Å². The minimum absolute atomic E-state index is 0.0428. The van der Waals surface area contributed by atoms with Crippen LogP contribution in [0.25, 0.3) is 0 Å². The summed E-state index contributed by atoms with van der Waals surface area (Å²) >= 11 is 0. The van der Waals surface area contributed by atoms with Crippen LogP contribution in [0.4, 0.5) is 24.5 Å². The van der Waals surface area contributed by atoms with Crippen molar-refractivity contribution in [2.24, 2.45) is 0 Å². The number of nitrogens with zero attached hydrogens (tertiary/aromatic N) is 2. The molecule has 1 aromatic heterocycles. The number of carbonyl (C=O) groups excluding carboxylic acids is 1. The van der Waals surface area contributed by atoms with Gasteiger partial charge in [0.2, 0.25) is 5.88 Å². The smallest absolute Gasteiger partial charge is 0.433 e.